The van der Waals surface area contributed by atoms with Crippen LogP contribution >= 0.6 is 11.5 Å². The normalized spacial score (nSPS) is 25.1. The van der Waals surface area contributed by atoms with Gasteiger partial charge in [-0.1, -0.05) is 6.92 Å². The van der Waals surface area contributed by atoms with Crippen LogP contribution in [0.2, 0.25) is 0 Å². The highest BCUT2D eigenvalue weighted by Crippen LogP contribution is 2.30. The average molecular weight is 280 g/mol. The molecule has 0 aliphatic carbocycles. The van der Waals surface area contributed by atoms with E-state index in [0.29, 0.717) is 6.54 Å². The van der Waals surface area contributed by atoms with Gasteiger partial charge in [0, 0.05) is 24.6 Å². The number of aromatic nitrogens is 2. The van der Waals surface area contributed by atoms with Gasteiger partial charge in [0.1, 0.15) is 0 Å². The first-order valence-corrected chi connectivity index (χ1v) is 6.52. The van der Waals surface area contributed by atoms with Gasteiger partial charge in [0.05, 0.1) is 0 Å². The van der Waals surface area contributed by atoms with Crippen LogP contribution < -0.4 is 10.6 Å². The van der Waals surface area contributed by atoms with E-state index >= 15 is 0 Å². The molecule has 0 aromatic carbocycles. The highest BCUT2D eigenvalue weighted by Gasteiger charge is 2.36. The fourth-order valence-corrected chi connectivity index (χ4v) is 2.55. The number of nitrogens with zero attached hydrogens (tertiary/aromatic N) is 2. The first-order chi connectivity index (χ1) is 8.39. The topological polar surface area (TPSA) is 49.8 Å². The summed E-state index contributed by atoms with van der Waals surface area (Å²) in [4.78, 5) is 3.45. The number of nitrogens with one attached hydrogen (secondary N) is 2. The second-order valence-electron chi connectivity index (χ2n) is 4.87. The van der Waals surface area contributed by atoms with Gasteiger partial charge in [-0.15, -0.1) is 0 Å². The van der Waals surface area contributed by atoms with E-state index in [1.165, 1.54) is 0 Å². The minimum atomic E-state index is -4.47. The Kier molecular flexibility index (Phi) is 3.76. The van der Waals surface area contributed by atoms with Crippen LogP contribution in [0.25, 0.3) is 0 Å². The Morgan fingerprint density at radius 2 is 2.28 bits per heavy atom. The molecule has 2 heterocycles. The van der Waals surface area contributed by atoms with Crippen molar-refractivity contribution in [1.82, 2.24) is 14.7 Å². The van der Waals surface area contributed by atoms with Crippen LogP contribution in [0.15, 0.2) is 0 Å². The molecule has 102 valence electrons. The fraction of sp³-hybridized carbons (Fsp3) is 0.800. The van der Waals surface area contributed by atoms with Crippen LogP contribution in [0.5, 0.6) is 0 Å². The van der Waals surface area contributed by atoms with Crippen molar-refractivity contribution < 1.29 is 13.2 Å². The number of alkyl halides is 3. The minimum Gasteiger partial charge on any atom is -0.360 e. The molecule has 1 aliphatic rings. The van der Waals surface area contributed by atoms with E-state index in [9.17, 15) is 13.2 Å². The molecule has 1 aliphatic heterocycles. The van der Waals surface area contributed by atoms with E-state index < -0.39 is 12.0 Å². The highest BCUT2D eigenvalue weighted by atomic mass is 32.1. The highest BCUT2D eigenvalue weighted by molar-refractivity contribution is 7.09. The van der Waals surface area contributed by atoms with Crippen molar-refractivity contribution >= 4 is 16.7 Å². The Morgan fingerprint density at radius 1 is 1.50 bits per heavy atom. The Balaban J connectivity index is 1.92. The lowest BCUT2D eigenvalue weighted by Crippen LogP contribution is -2.42. The van der Waals surface area contributed by atoms with Gasteiger partial charge < -0.3 is 10.6 Å². The average Bonchev–Trinajstić information content (AvgIpc) is 2.76. The lowest BCUT2D eigenvalue weighted by molar-refractivity contribution is -0.144. The van der Waals surface area contributed by atoms with Gasteiger partial charge >= 0.3 is 6.18 Å². The fourth-order valence-electron chi connectivity index (χ4n) is 1.97. The summed E-state index contributed by atoms with van der Waals surface area (Å²) in [6, 6.07) is 0. The maximum atomic E-state index is 12.3. The molecule has 1 fully saturated rings. The van der Waals surface area contributed by atoms with Crippen LogP contribution in [-0.2, 0) is 6.18 Å². The van der Waals surface area contributed by atoms with Crippen molar-refractivity contribution in [2.45, 2.75) is 25.9 Å². The van der Waals surface area contributed by atoms with Crippen molar-refractivity contribution in [1.29, 1.82) is 0 Å². The zero-order valence-electron chi connectivity index (χ0n) is 9.97. The summed E-state index contributed by atoms with van der Waals surface area (Å²) >= 11 is 0.751. The molecule has 8 heteroatoms. The summed E-state index contributed by atoms with van der Waals surface area (Å²) in [5, 5.41) is 6.47. The van der Waals surface area contributed by atoms with Gasteiger partial charge in [-0.25, -0.2) is 0 Å². The molecule has 0 spiro atoms. The molecule has 0 bridgehead atoms. The third kappa shape index (κ3) is 3.32. The van der Waals surface area contributed by atoms with Crippen molar-refractivity contribution in [3.05, 3.63) is 5.82 Å². The third-order valence-electron chi connectivity index (χ3n) is 3.03. The summed E-state index contributed by atoms with van der Waals surface area (Å²) in [7, 11) is 0. The van der Waals surface area contributed by atoms with E-state index in [-0.39, 0.29) is 10.5 Å². The van der Waals surface area contributed by atoms with Crippen molar-refractivity contribution in [3.8, 4) is 0 Å². The molecular weight excluding hydrogens is 265 g/mol. The lowest BCUT2D eigenvalue weighted by atomic mass is 9.83. The summed E-state index contributed by atoms with van der Waals surface area (Å²) in [6.45, 7) is 4.59. The molecule has 18 heavy (non-hydrogen) atoms. The number of hydrogen-bond acceptors (Lipinski definition) is 5. The van der Waals surface area contributed by atoms with E-state index in [2.05, 4.69) is 26.9 Å². The van der Waals surface area contributed by atoms with Crippen LogP contribution in [-0.4, -0.2) is 29.0 Å². The molecule has 1 atom stereocenters. The summed E-state index contributed by atoms with van der Waals surface area (Å²) in [6.07, 6.45) is -2.33. The smallest absolute Gasteiger partial charge is 0.360 e. The van der Waals surface area contributed by atoms with Crippen LogP contribution in [0, 0.1) is 5.41 Å². The third-order valence-corrected chi connectivity index (χ3v) is 3.70. The van der Waals surface area contributed by atoms with Gasteiger partial charge in [0.15, 0.2) is 0 Å². The van der Waals surface area contributed by atoms with Gasteiger partial charge in [-0.3, -0.25) is 0 Å². The van der Waals surface area contributed by atoms with E-state index in [1.807, 2.05) is 0 Å². The molecule has 0 amide bonds. The van der Waals surface area contributed by atoms with E-state index in [0.717, 1.165) is 37.5 Å². The molecule has 1 aromatic heterocycles. The number of hydrogen-bond donors (Lipinski definition) is 2. The number of rotatable bonds is 3. The predicted molar refractivity (Wildman–Crippen MR) is 63.6 cm³/mol. The van der Waals surface area contributed by atoms with Crippen LogP contribution in [0.3, 0.4) is 0 Å². The van der Waals surface area contributed by atoms with E-state index in [4.69, 9.17) is 0 Å². The van der Waals surface area contributed by atoms with Gasteiger partial charge in [0.2, 0.25) is 11.0 Å². The number of anilines is 1. The molecular formula is C10H15F3N4S. The van der Waals surface area contributed by atoms with E-state index in [1.54, 1.807) is 0 Å². The second kappa shape index (κ2) is 5.00. The first-order valence-electron chi connectivity index (χ1n) is 5.75. The van der Waals surface area contributed by atoms with Crippen molar-refractivity contribution in [3.63, 3.8) is 0 Å². The molecule has 1 unspecified atom stereocenters. The van der Waals surface area contributed by atoms with Gasteiger partial charge in [-0.05, 0) is 24.8 Å². The molecule has 0 radical (unpaired) electrons. The second-order valence-corrected chi connectivity index (χ2v) is 5.62. The monoisotopic (exact) mass is 280 g/mol. The largest absolute Gasteiger partial charge is 0.452 e. The minimum absolute atomic E-state index is 0.0579. The first kappa shape index (κ1) is 13.5. The zero-order valence-corrected chi connectivity index (χ0v) is 10.8. The molecule has 0 saturated carbocycles. The molecule has 2 rings (SSSR count). The standard InChI is InChI=1S/C10H15F3N4S/c1-9(3-2-4-14-5-9)6-15-8-16-7(17-18-8)10(11,12)13/h14H,2-6H2,1H3,(H,15,16,17). The number of halogens is 3. The Morgan fingerprint density at radius 3 is 2.83 bits per heavy atom. The Hall–Kier alpha value is -0.890. The van der Waals surface area contributed by atoms with Gasteiger partial charge in [0.25, 0.3) is 0 Å². The Bertz CT molecular complexity index is 398. The quantitative estimate of drug-likeness (QED) is 0.892. The number of piperidine rings is 1. The predicted octanol–water partition coefficient (Wildman–Crippen LogP) is 2.36. The maximum absolute atomic E-state index is 12.3. The summed E-state index contributed by atoms with van der Waals surface area (Å²) in [5.74, 6) is -1.07. The molecule has 1 aromatic rings. The molecule has 4 nitrogen and oxygen atoms in total. The van der Waals surface area contributed by atoms with Crippen molar-refractivity contribution in [2.75, 3.05) is 25.0 Å². The Labute approximate surface area is 107 Å². The summed E-state index contributed by atoms with van der Waals surface area (Å²) < 4.78 is 40.2. The van der Waals surface area contributed by atoms with Crippen LogP contribution in [0.1, 0.15) is 25.6 Å². The van der Waals surface area contributed by atoms with Crippen LogP contribution in [0.4, 0.5) is 18.3 Å². The van der Waals surface area contributed by atoms with Crippen molar-refractivity contribution in [2.24, 2.45) is 5.41 Å². The van der Waals surface area contributed by atoms with Gasteiger partial charge in [-0.2, -0.15) is 22.5 Å². The molecule has 1 saturated heterocycles. The maximum Gasteiger partial charge on any atom is 0.452 e. The summed E-state index contributed by atoms with van der Waals surface area (Å²) in [5.41, 5.74) is 0.0579. The SMILES string of the molecule is CC1(CNc2nc(C(F)(F)F)ns2)CCCNC1. The zero-order chi connectivity index (χ0) is 13.2. The molecule has 2 N–H and O–H groups in total. The lowest BCUT2D eigenvalue weighted by Gasteiger charge is -2.34.